The second-order valence-corrected chi connectivity index (χ2v) is 5.53. The van der Waals surface area contributed by atoms with Crippen LogP contribution >= 0.6 is 0 Å². The van der Waals surface area contributed by atoms with Gasteiger partial charge in [-0.1, -0.05) is 26.0 Å². The summed E-state index contributed by atoms with van der Waals surface area (Å²) >= 11 is 0. The molecule has 0 aliphatic heterocycles. The maximum atomic E-state index is 13.0. The highest BCUT2D eigenvalue weighted by molar-refractivity contribution is 5.79. The lowest BCUT2D eigenvalue weighted by atomic mass is 10.1. The number of carbonyl (C=O) groups excluding carboxylic acids is 1. The van der Waals surface area contributed by atoms with Gasteiger partial charge in [-0.25, -0.2) is 4.39 Å². The van der Waals surface area contributed by atoms with Gasteiger partial charge < -0.3 is 16.4 Å². The first-order chi connectivity index (χ1) is 10.5. The van der Waals surface area contributed by atoms with Crippen molar-refractivity contribution < 1.29 is 9.18 Å². The Morgan fingerprint density at radius 1 is 1.32 bits per heavy atom. The van der Waals surface area contributed by atoms with Crippen LogP contribution in [0.1, 0.15) is 25.8 Å². The van der Waals surface area contributed by atoms with Gasteiger partial charge >= 0.3 is 0 Å². The van der Waals surface area contributed by atoms with Gasteiger partial charge in [-0.2, -0.15) is 0 Å². The molecule has 5 nitrogen and oxygen atoms in total. The first-order valence-corrected chi connectivity index (χ1v) is 7.52. The van der Waals surface area contributed by atoms with Gasteiger partial charge in [0.15, 0.2) is 5.96 Å². The lowest BCUT2D eigenvalue weighted by Crippen LogP contribution is -2.38. The van der Waals surface area contributed by atoms with E-state index in [1.54, 1.807) is 12.1 Å². The molecule has 1 rings (SSSR count). The third kappa shape index (κ3) is 8.24. The fourth-order valence-electron chi connectivity index (χ4n) is 1.79. The molecule has 0 fully saturated rings. The number of benzene rings is 1. The Labute approximate surface area is 131 Å². The van der Waals surface area contributed by atoms with E-state index in [0.29, 0.717) is 37.1 Å². The van der Waals surface area contributed by atoms with Crippen molar-refractivity contribution in [2.75, 3.05) is 19.6 Å². The molecule has 0 radical (unpaired) electrons. The topological polar surface area (TPSA) is 79.5 Å². The molecule has 0 saturated carbocycles. The highest BCUT2D eigenvalue weighted by Gasteiger charge is 2.03. The van der Waals surface area contributed by atoms with Crippen LogP contribution in [0.5, 0.6) is 0 Å². The van der Waals surface area contributed by atoms with Gasteiger partial charge in [0, 0.05) is 19.6 Å². The second kappa shape index (κ2) is 9.76. The molecule has 0 spiro atoms. The minimum absolute atomic E-state index is 0.150. The third-order valence-corrected chi connectivity index (χ3v) is 3.00. The lowest BCUT2D eigenvalue weighted by Gasteiger charge is -2.08. The van der Waals surface area contributed by atoms with E-state index in [0.717, 1.165) is 6.42 Å². The van der Waals surface area contributed by atoms with Crippen LogP contribution in [-0.4, -0.2) is 31.5 Å². The van der Waals surface area contributed by atoms with Crippen LogP contribution in [0.3, 0.4) is 0 Å². The number of carbonyl (C=O) groups is 1. The Morgan fingerprint density at radius 3 is 2.73 bits per heavy atom. The zero-order valence-corrected chi connectivity index (χ0v) is 13.2. The number of nitrogens with one attached hydrogen (secondary N) is 2. The largest absolute Gasteiger partial charge is 0.370 e. The Kier molecular flexibility index (Phi) is 7.96. The van der Waals surface area contributed by atoms with E-state index in [1.807, 2.05) is 0 Å². The number of amides is 1. The third-order valence-electron chi connectivity index (χ3n) is 3.00. The normalized spacial score (nSPS) is 11.5. The van der Waals surface area contributed by atoms with Crippen LogP contribution < -0.4 is 16.4 Å². The maximum Gasteiger partial charge on any atom is 0.224 e. The molecule has 0 aliphatic rings. The number of hydrogen-bond acceptors (Lipinski definition) is 2. The molecule has 4 N–H and O–H groups in total. The van der Waals surface area contributed by atoms with E-state index in [9.17, 15) is 9.18 Å². The molecular weight excluding hydrogens is 283 g/mol. The van der Waals surface area contributed by atoms with E-state index in [-0.39, 0.29) is 18.1 Å². The Hall–Kier alpha value is -2.11. The second-order valence-electron chi connectivity index (χ2n) is 5.53. The molecule has 0 aliphatic carbocycles. The minimum Gasteiger partial charge on any atom is -0.370 e. The highest BCUT2D eigenvalue weighted by Crippen LogP contribution is 2.03. The molecule has 22 heavy (non-hydrogen) atoms. The summed E-state index contributed by atoms with van der Waals surface area (Å²) in [6, 6.07) is 6.03. The number of nitrogens with two attached hydrogens (primary N) is 1. The van der Waals surface area contributed by atoms with Gasteiger partial charge in [0.05, 0.1) is 6.42 Å². The van der Waals surface area contributed by atoms with Gasteiger partial charge in [-0.3, -0.25) is 9.79 Å². The van der Waals surface area contributed by atoms with E-state index in [4.69, 9.17) is 5.73 Å². The molecule has 0 heterocycles. The molecule has 0 atom stereocenters. The molecule has 0 bridgehead atoms. The van der Waals surface area contributed by atoms with E-state index < -0.39 is 0 Å². The molecule has 1 aromatic carbocycles. The lowest BCUT2D eigenvalue weighted by molar-refractivity contribution is -0.120. The molecule has 1 aromatic rings. The summed E-state index contributed by atoms with van der Waals surface area (Å²) in [5.74, 6) is 0.499. The van der Waals surface area contributed by atoms with Gasteiger partial charge in [0.1, 0.15) is 5.82 Å². The summed E-state index contributed by atoms with van der Waals surface area (Å²) in [5.41, 5.74) is 6.35. The Balaban J connectivity index is 2.17. The molecule has 6 heteroatoms. The van der Waals surface area contributed by atoms with Gasteiger partial charge in [0.25, 0.3) is 0 Å². The average Bonchev–Trinajstić information content (AvgIpc) is 2.43. The van der Waals surface area contributed by atoms with Gasteiger partial charge in [0.2, 0.25) is 5.91 Å². The van der Waals surface area contributed by atoms with Crippen LogP contribution in [0.4, 0.5) is 4.39 Å². The van der Waals surface area contributed by atoms with Gasteiger partial charge in [-0.05, 0) is 30.0 Å². The number of guanidine groups is 1. The molecule has 0 saturated heterocycles. The van der Waals surface area contributed by atoms with Gasteiger partial charge in [-0.15, -0.1) is 0 Å². The summed E-state index contributed by atoms with van der Waals surface area (Å²) in [6.07, 6.45) is 1.16. The average molecular weight is 308 g/mol. The monoisotopic (exact) mass is 308 g/mol. The van der Waals surface area contributed by atoms with Crippen molar-refractivity contribution in [1.82, 2.24) is 10.6 Å². The zero-order valence-electron chi connectivity index (χ0n) is 13.2. The van der Waals surface area contributed by atoms with Crippen molar-refractivity contribution in [3.63, 3.8) is 0 Å². The summed E-state index contributed by atoms with van der Waals surface area (Å²) in [4.78, 5) is 15.9. The van der Waals surface area contributed by atoms with Crippen molar-refractivity contribution in [2.45, 2.75) is 26.7 Å². The molecule has 122 valence electrons. The smallest absolute Gasteiger partial charge is 0.224 e. The number of halogens is 1. The fourth-order valence-corrected chi connectivity index (χ4v) is 1.79. The number of nitrogens with zero attached hydrogens (tertiary/aromatic N) is 1. The standard InChI is InChI=1S/C16H25FN4O/c1-12(2)6-7-20-16(18)21-9-8-19-15(22)11-13-4-3-5-14(17)10-13/h3-5,10,12H,6-9,11H2,1-2H3,(H,19,22)(H3,18,20,21). The fraction of sp³-hybridized carbons (Fsp3) is 0.500. The van der Waals surface area contributed by atoms with Crippen molar-refractivity contribution in [3.8, 4) is 0 Å². The SMILES string of the molecule is CC(C)CCN=C(N)NCCNC(=O)Cc1cccc(F)c1. The molecular formula is C16H25FN4O. The van der Waals surface area contributed by atoms with E-state index in [1.165, 1.54) is 12.1 Å². The quantitative estimate of drug-likeness (QED) is 0.386. The first kappa shape index (κ1) is 17.9. The van der Waals surface area contributed by atoms with Crippen molar-refractivity contribution in [3.05, 3.63) is 35.6 Å². The summed E-state index contributed by atoms with van der Waals surface area (Å²) in [6.45, 7) is 5.91. The molecule has 0 aromatic heterocycles. The van der Waals surface area contributed by atoms with Crippen LogP contribution in [0.15, 0.2) is 29.3 Å². The van der Waals surface area contributed by atoms with Crippen molar-refractivity contribution in [2.24, 2.45) is 16.6 Å². The summed E-state index contributed by atoms with van der Waals surface area (Å²) in [7, 11) is 0. The Morgan fingerprint density at radius 2 is 2.05 bits per heavy atom. The minimum atomic E-state index is -0.336. The van der Waals surface area contributed by atoms with E-state index >= 15 is 0 Å². The van der Waals surface area contributed by atoms with Crippen LogP contribution in [-0.2, 0) is 11.2 Å². The zero-order chi connectivity index (χ0) is 16.4. The number of hydrogen-bond donors (Lipinski definition) is 3. The van der Waals surface area contributed by atoms with E-state index in [2.05, 4.69) is 29.5 Å². The summed E-state index contributed by atoms with van der Waals surface area (Å²) < 4.78 is 13.0. The number of rotatable bonds is 8. The molecule has 0 unspecified atom stereocenters. The maximum absolute atomic E-state index is 13.0. The molecule has 1 amide bonds. The van der Waals surface area contributed by atoms with Crippen LogP contribution in [0.2, 0.25) is 0 Å². The first-order valence-electron chi connectivity index (χ1n) is 7.52. The van der Waals surface area contributed by atoms with Crippen molar-refractivity contribution >= 4 is 11.9 Å². The highest BCUT2D eigenvalue weighted by atomic mass is 19.1. The van der Waals surface area contributed by atoms with Crippen molar-refractivity contribution in [1.29, 1.82) is 0 Å². The summed E-state index contributed by atoms with van der Waals surface area (Å²) in [5, 5.41) is 5.68. The van der Waals surface area contributed by atoms with Crippen LogP contribution in [0, 0.1) is 11.7 Å². The number of aliphatic imine (C=N–C) groups is 1. The predicted molar refractivity (Wildman–Crippen MR) is 87.1 cm³/mol. The van der Waals surface area contributed by atoms with Crippen LogP contribution in [0.25, 0.3) is 0 Å². The predicted octanol–water partition coefficient (Wildman–Crippen LogP) is 1.43. The Bertz CT molecular complexity index is 503.